The van der Waals surface area contributed by atoms with E-state index in [1.807, 2.05) is 0 Å². The van der Waals surface area contributed by atoms with Gasteiger partial charge in [-0.3, -0.25) is 19.7 Å². The lowest BCUT2D eigenvalue weighted by atomic mass is 9.92. The lowest BCUT2D eigenvalue weighted by molar-refractivity contribution is -0.383. The van der Waals surface area contributed by atoms with Crippen LogP contribution in [0.1, 0.15) is 25.0 Å². The number of aromatic hydroxyl groups is 1. The zero-order valence-electron chi connectivity index (χ0n) is 20.0. The molecule has 2 amide bonds. The van der Waals surface area contributed by atoms with Crippen LogP contribution in [-0.2, 0) is 27.2 Å². The quantitative estimate of drug-likeness (QED) is 0.395. The van der Waals surface area contributed by atoms with E-state index in [9.17, 15) is 24.8 Å². The molecule has 0 spiro atoms. The number of aromatic amines is 1. The van der Waals surface area contributed by atoms with Crippen LogP contribution in [-0.4, -0.2) is 68.6 Å². The van der Waals surface area contributed by atoms with Gasteiger partial charge in [0.2, 0.25) is 11.6 Å². The van der Waals surface area contributed by atoms with Gasteiger partial charge in [-0.1, -0.05) is 18.2 Å². The molecule has 184 valence electrons. The van der Waals surface area contributed by atoms with E-state index in [1.165, 1.54) is 35.0 Å². The number of H-pyrrole nitrogens is 1. The van der Waals surface area contributed by atoms with E-state index in [2.05, 4.69) is 4.98 Å². The molecule has 0 saturated carbocycles. The molecular formula is C25H28N4O6. The first-order valence-corrected chi connectivity index (χ1v) is 11.3. The van der Waals surface area contributed by atoms with E-state index >= 15 is 0 Å². The zero-order valence-corrected chi connectivity index (χ0v) is 20.0. The Bertz CT molecular complexity index is 1300. The van der Waals surface area contributed by atoms with Gasteiger partial charge in [-0.15, -0.1) is 0 Å². The Labute approximate surface area is 202 Å². The number of benzene rings is 2. The first-order valence-electron chi connectivity index (χ1n) is 11.3. The number of likely N-dealkylation sites (N-methyl/N-ethyl adjacent to an activating group) is 2. The first-order chi connectivity index (χ1) is 16.5. The van der Waals surface area contributed by atoms with E-state index in [-0.39, 0.29) is 36.3 Å². The van der Waals surface area contributed by atoms with Gasteiger partial charge >= 0.3 is 0 Å². The zero-order chi connectivity index (χ0) is 25.5. The predicted molar refractivity (Wildman–Crippen MR) is 129 cm³/mol. The Hall–Kier alpha value is -3.92. The highest BCUT2D eigenvalue weighted by atomic mass is 16.6. The summed E-state index contributed by atoms with van der Waals surface area (Å²) in [5, 5.41) is 21.9. The molecule has 0 radical (unpaired) electrons. The maximum Gasteiger partial charge on any atom is 0.279 e. The standard InChI is InChI=1S/C25H28N4O6/c1-15(2)35-25(13-16-7-5-8-18(30)11-16)24(32)27(3)21(23(31)28(25)4)12-17-14-26-19-9-6-10-20(22(17)19)29(33)34/h5-11,14-15,21,26,30H,12-13H2,1-4H3/t21-,25-/m0/s1. The summed E-state index contributed by atoms with van der Waals surface area (Å²) in [6, 6.07) is 10.3. The van der Waals surface area contributed by atoms with Crippen molar-refractivity contribution in [2.45, 2.75) is 44.6 Å². The van der Waals surface area contributed by atoms with Crippen LogP contribution >= 0.6 is 0 Å². The lowest BCUT2D eigenvalue weighted by Crippen LogP contribution is -2.72. The van der Waals surface area contributed by atoms with Crippen LogP contribution in [0.3, 0.4) is 0 Å². The van der Waals surface area contributed by atoms with Crippen LogP contribution in [0.15, 0.2) is 48.7 Å². The summed E-state index contributed by atoms with van der Waals surface area (Å²) < 4.78 is 6.13. The number of phenolic OH excluding ortho intramolecular Hbond substituents is 1. The Morgan fingerprint density at radius 3 is 2.57 bits per heavy atom. The minimum atomic E-state index is -1.60. The molecular weight excluding hydrogens is 452 g/mol. The van der Waals surface area contributed by atoms with Crippen LogP contribution in [0.4, 0.5) is 5.69 Å². The third-order valence-electron chi connectivity index (χ3n) is 6.44. The van der Waals surface area contributed by atoms with Gasteiger partial charge in [0.05, 0.1) is 21.9 Å². The van der Waals surface area contributed by atoms with Crippen molar-refractivity contribution in [1.29, 1.82) is 0 Å². The fourth-order valence-corrected chi connectivity index (χ4v) is 4.81. The van der Waals surface area contributed by atoms with Gasteiger partial charge < -0.3 is 24.6 Å². The molecule has 1 aliphatic rings. The molecule has 35 heavy (non-hydrogen) atoms. The van der Waals surface area contributed by atoms with Gasteiger partial charge in [0, 0.05) is 39.2 Å². The number of ether oxygens (including phenoxy) is 1. The monoisotopic (exact) mass is 480 g/mol. The van der Waals surface area contributed by atoms with E-state index in [0.717, 1.165) is 0 Å². The van der Waals surface area contributed by atoms with Gasteiger partial charge in [-0.2, -0.15) is 0 Å². The van der Waals surface area contributed by atoms with Crippen LogP contribution in [0.2, 0.25) is 0 Å². The topological polar surface area (TPSA) is 129 Å². The van der Waals surface area contributed by atoms with E-state index in [4.69, 9.17) is 4.74 Å². The van der Waals surface area contributed by atoms with Gasteiger partial charge in [0.1, 0.15) is 11.8 Å². The van der Waals surface area contributed by atoms with E-state index in [1.54, 1.807) is 51.4 Å². The van der Waals surface area contributed by atoms with Crippen molar-refractivity contribution < 1.29 is 24.4 Å². The normalized spacial score (nSPS) is 20.8. The molecule has 1 aliphatic heterocycles. The average Bonchev–Trinajstić information content (AvgIpc) is 3.22. The van der Waals surface area contributed by atoms with Crippen LogP contribution in [0, 0.1) is 10.1 Å². The highest BCUT2D eigenvalue weighted by Gasteiger charge is 2.55. The maximum absolute atomic E-state index is 13.8. The number of non-ortho nitro benzene ring substituents is 1. The van der Waals surface area contributed by atoms with E-state index in [0.29, 0.717) is 22.0 Å². The number of hydrogen-bond acceptors (Lipinski definition) is 6. The fourth-order valence-electron chi connectivity index (χ4n) is 4.81. The predicted octanol–water partition coefficient (Wildman–Crippen LogP) is 2.99. The number of nitro benzene ring substituents is 1. The molecule has 2 aromatic carbocycles. The minimum absolute atomic E-state index is 0.0478. The molecule has 0 bridgehead atoms. The summed E-state index contributed by atoms with van der Waals surface area (Å²) in [7, 11) is 3.07. The molecule has 0 aliphatic carbocycles. The molecule has 2 heterocycles. The number of phenols is 1. The second kappa shape index (κ2) is 9.03. The van der Waals surface area contributed by atoms with Crippen molar-refractivity contribution in [2.24, 2.45) is 0 Å². The van der Waals surface area contributed by atoms with Gasteiger partial charge in [-0.05, 0) is 43.2 Å². The number of piperazine rings is 1. The van der Waals surface area contributed by atoms with Crippen molar-refractivity contribution in [1.82, 2.24) is 14.8 Å². The summed E-state index contributed by atoms with van der Waals surface area (Å²) in [4.78, 5) is 44.4. The Balaban J connectivity index is 1.72. The lowest BCUT2D eigenvalue weighted by Gasteiger charge is -2.50. The molecule has 2 N–H and O–H groups in total. The molecule has 10 heteroatoms. The summed E-state index contributed by atoms with van der Waals surface area (Å²) in [5.74, 6) is -0.705. The van der Waals surface area contributed by atoms with Crippen LogP contribution in [0.25, 0.3) is 10.9 Å². The molecule has 4 rings (SSSR count). The summed E-state index contributed by atoms with van der Waals surface area (Å²) >= 11 is 0. The number of amides is 2. The molecule has 1 fully saturated rings. The average molecular weight is 481 g/mol. The summed E-state index contributed by atoms with van der Waals surface area (Å²) in [6.45, 7) is 3.57. The molecule has 10 nitrogen and oxygen atoms in total. The number of fused-ring (bicyclic) bond motifs is 1. The minimum Gasteiger partial charge on any atom is -0.508 e. The van der Waals surface area contributed by atoms with Crippen molar-refractivity contribution in [2.75, 3.05) is 14.1 Å². The number of carbonyl (C=O) groups excluding carboxylic acids is 2. The number of nitro groups is 1. The van der Waals surface area contributed by atoms with Crippen molar-refractivity contribution in [3.8, 4) is 5.75 Å². The number of nitrogens with zero attached hydrogens (tertiary/aromatic N) is 3. The second-order valence-electron chi connectivity index (χ2n) is 9.10. The molecule has 3 aromatic rings. The van der Waals surface area contributed by atoms with Crippen LogP contribution in [0.5, 0.6) is 5.75 Å². The Kier molecular flexibility index (Phi) is 6.25. The first kappa shape index (κ1) is 24.2. The van der Waals surface area contributed by atoms with E-state index < -0.39 is 22.6 Å². The van der Waals surface area contributed by atoms with Crippen molar-refractivity contribution in [3.63, 3.8) is 0 Å². The number of nitrogens with one attached hydrogen (secondary N) is 1. The SMILES string of the molecule is CC(C)O[C@@]1(Cc2cccc(O)c2)C(=O)N(C)[C@@H](Cc2c[nH]c3cccc([N+](=O)[O-])c23)C(=O)N1C. The number of rotatable bonds is 7. The Morgan fingerprint density at radius 2 is 1.91 bits per heavy atom. The highest BCUT2D eigenvalue weighted by molar-refractivity contribution is 6.00. The number of aromatic nitrogens is 1. The van der Waals surface area contributed by atoms with Crippen LogP contribution < -0.4 is 0 Å². The maximum atomic E-state index is 13.8. The molecule has 0 unspecified atom stereocenters. The number of carbonyl (C=O) groups is 2. The molecule has 2 atom stereocenters. The number of hydrogen-bond donors (Lipinski definition) is 2. The summed E-state index contributed by atoms with van der Waals surface area (Å²) in [5.41, 5.74) is 0.129. The second-order valence-corrected chi connectivity index (χ2v) is 9.10. The third-order valence-corrected chi connectivity index (χ3v) is 6.44. The van der Waals surface area contributed by atoms with Gasteiger partial charge in [0.25, 0.3) is 11.6 Å². The third kappa shape index (κ3) is 4.21. The van der Waals surface area contributed by atoms with Crippen molar-refractivity contribution >= 4 is 28.4 Å². The molecule has 1 saturated heterocycles. The highest BCUT2D eigenvalue weighted by Crippen LogP contribution is 2.35. The smallest absolute Gasteiger partial charge is 0.279 e. The fraction of sp³-hybridized carbons (Fsp3) is 0.360. The molecule has 1 aromatic heterocycles. The summed E-state index contributed by atoms with van der Waals surface area (Å²) in [6.07, 6.45) is 1.42. The van der Waals surface area contributed by atoms with Crippen molar-refractivity contribution in [3.05, 3.63) is 69.9 Å². The van der Waals surface area contributed by atoms with Gasteiger partial charge in [-0.25, -0.2) is 0 Å². The largest absolute Gasteiger partial charge is 0.508 e. The van der Waals surface area contributed by atoms with Gasteiger partial charge in [0.15, 0.2) is 0 Å². The Morgan fingerprint density at radius 1 is 1.20 bits per heavy atom.